The Morgan fingerprint density at radius 2 is 0.729 bits per heavy atom. The minimum absolute atomic E-state index is 0. The van der Waals surface area contributed by atoms with Crippen LogP contribution in [0.4, 0.5) is 0 Å². The van der Waals surface area contributed by atoms with Gasteiger partial charge in [-0.15, -0.1) is 11.6 Å². The highest BCUT2D eigenvalue weighted by Crippen LogP contribution is 2.05. The van der Waals surface area contributed by atoms with Crippen molar-refractivity contribution in [3.8, 4) is 6.07 Å². The molecular weight excluding hydrogens is 1130 g/mol. The molecule has 5 nitrogen and oxygen atoms in total. The summed E-state index contributed by atoms with van der Waals surface area (Å²) in [6.07, 6.45) is 2.49. The zero-order valence-corrected chi connectivity index (χ0v) is 55.7. The number of nitrogens with zero attached hydrogens (tertiary/aromatic N) is 1. The number of carbonyl (C=O) groups excluding carboxylic acids is 2. The molecule has 0 aliphatic rings. The number of benzene rings is 8. The monoisotopic (exact) mass is 1250 g/mol. The van der Waals surface area contributed by atoms with Gasteiger partial charge in [-0.05, 0) is 59.9 Å². The topological polar surface area (TPSA) is 87.4 Å². The number of aliphatic hydroxyl groups is 1. The van der Waals surface area contributed by atoms with Crippen molar-refractivity contribution in [2.24, 2.45) is 0 Å². The molecule has 7 heteroatoms. The molecule has 8 rings (SSSR count). The van der Waals surface area contributed by atoms with Crippen LogP contribution in [0, 0.1) is 18.3 Å². The summed E-state index contributed by atoms with van der Waals surface area (Å²) in [6, 6.07) is 79.9. The van der Waals surface area contributed by atoms with Crippen LogP contribution in [0.1, 0.15) is 196 Å². The van der Waals surface area contributed by atoms with E-state index in [1.165, 1.54) is 23.8 Å². The van der Waals surface area contributed by atoms with Crippen molar-refractivity contribution in [2.75, 3.05) is 7.11 Å². The fraction of sp³-hybridized carbons (Fsp3) is 0.346. The van der Waals surface area contributed by atoms with Crippen LogP contribution in [0.2, 0.25) is 0 Å². The molecule has 0 heterocycles. The van der Waals surface area contributed by atoms with Crippen molar-refractivity contribution in [1.29, 1.82) is 5.26 Å². The average molecular weight is 1250 g/mol. The molecule has 0 amide bonds. The molecule has 0 bridgehead atoms. The summed E-state index contributed by atoms with van der Waals surface area (Å²) in [5, 5.41) is 16.8. The maximum absolute atomic E-state index is 10.8. The Bertz CT molecular complexity index is 2190. The normalized spacial score (nSPS) is 7.31. The molecule has 478 valence electrons. The number of ether oxygens (including phenoxy) is 1. The van der Waals surface area contributed by atoms with Crippen molar-refractivity contribution in [3.63, 3.8) is 0 Å². The Balaban J connectivity index is -0.0000000689. The van der Waals surface area contributed by atoms with Gasteiger partial charge in [-0.1, -0.05) is 387 Å². The first-order valence-electron chi connectivity index (χ1n) is 28.8. The number of rotatable bonds is 6. The first-order chi connectivity index (χ1) is 39.8. The van der Waals surface area contributed by atoms with E-state index in [0.29, 0.717) is 17.9 Å². The summed E-state index contributed by atoms with van der Waals surface area (Å²) in [6.45, 7) is 36.4. The van der Waals surface area contributed by atoms with E-state index in [1.807, 2.05) is 281 Å². The third-order valence-electron chi connectivity index (χ3n) is 8.20. The molecule has 0 spiro atoms. The van der Waals surface area contributed by atoms with Gasteiger partial charge < -0.3 is 9.84 Å². The van der Waals surface area contributed by atoms with Gasteiger partial charge in [0.1, 0.15) is 6.29 Å². The van der Waals surface area contributed by atoms with Crippen molar-refractivity contribution in [1.82, 2.24) is 0 Å². The quantitative estimate of drug-likeness (QED) is 0.102. The Hall–Kier alpha value is -6.88. The lowest BCUT2D eigenvalue weighted by atomic mass is 10.2. The van der Waals surface area contributed by atoms with Crippen LogP contribution in [0.25, 0.3) is 0 Å². The number of hydrogen-bond acceptors (Lipinski definition) is 5. The summed E-state index contributed by atoms with van der Waals surface area (Å²) in [7, 11) is 1.37. The number of alkyl halides is 1. The van der Waals surface area contributed by atoms with Gasteiger partial charge in [0, 0.05) is 15.9 Å². The number of aldehydes is 1. The van der Waals surface area contributed by atoms with E-state index >= 15 is 0 Å². The van der Waals surface area contributed by atoms with Gasteiger partial charge in [-0.2, -0.15) is 5.26 Å². The van der Waals surface area contributed by atoms with Crippen LogP contribution in [0.5, 0.6) is 0 Å². The summed E-state index contributed by atoms with van der Waals surface area (Å²) in [4.78, 5) is 20.8. The molecule has 0 fully saturated rings. The number of aryl methyl sites for hydroxylation is 2. The van der Waals surface area contributed by atoms with Crippen molar-refractivity contribution < 1.29 is 19.4 Å². The summed E-state index contributed by atoms with van der Waals surface area (Å²) < 4.78 is 5.63. The Morgan fingerprint density at radius 3 is 0.918 bits per heavy atom. The lowest BCUT2D eigenvalue weighted by Crippen LogP contribution is -1.99. The maximum Gasteiger partial charge on any atom is 0.337 e. The highest BCUT2D eigenvalue weighted by atomic mass is 79.9. The SMILES string of the molecule is Brc1ccccc1.C.C.C.C.CC.CC.CC.CC.CC.CC.CC.CC.CCc1ccccc1.COC(=O)c1ccccc1.Cc1ccccc1.ClCc1ccccc1.N#CCc1ccccc1.O=Cc1ccccc1.OCc1ccccc1. The average Bonchev–Trinajstić information content (AvgIpc) is 3.59. The van der Waals surface area contributed by atoms with Crippen molar-refractivity contribution in [2.45, 2.75) is 180 Å². The van der Waals surface area contributed by atoms with Crippen molar-refractivity contribution in [3.05, 3.63) is 286 Å². The maximum atomic E-state index is 10.8. The molecule has 8 aromatic rings. The van der Waals surface area contributed by atoms with Crippen molar-refractivity contribution >= 4 is 39.8 Å². The standard InChI is InChI=1S/C8H7N.C8H8O2.C8H10.C7H7Cl.C7H8O.C7H6O.C7H8.C6H5Br.8C2H6.4CH4/c9-7-6-8-4-2-1-3-5-8;1-10-8(9)7-5-3-2-4-6-7;1-2-8-6-4-3-5-7-8;3*8-6-7-4-2-1-3-5-7;1-7-5-3-2-4-6-7;7-6-4-2-1-3-5-6;8*1-2;;;;/h1-5H,6H2;2-6H,1H3;3-7H,2H2,1H3;1-5H,6H2;1-5,8H,6H2;1-6H;2-6H,1H3;1-5H;8*1-2H3;4*1H4. The predicted molar refractivity (Wildman–Crippen MR) is 393 cm³/mol. The van der Waals surface area contributed by atoms with Crippen LogP contribution >= 0.6 is 27.5 Å². The van der Waals surface area contributed by atoms with Gasteiger partial charge in [-0.25, -0.2) is 4.79 Å². The third kappa shape index (κ3) is 79.2. The number of carbonyl (C=O) groups is 2. The predicted octanol–water partition coefficient (Wildman–Crippen LogP) is 25.8. The Kier molecular flexibility index (Phi) is 124. The molecule has 0 aliphatic heterocycles. The van der Waals surface area contributed by atoms with E-state index in [-0.39, 0.29) is 42.3 Å². The molecule has 0 saturated carbocycles. The number of methoxy groups -OCH3 is 1. The molecule has 0 unspecified atom stereocenters. The second-order valence-electron chi connectivity index (χ2n) is 13.3. The first-order valence-corrected chi connectivity index (χ1v) is 30.2. The summed E-state index contributed by atoms with van der Waals surface area (Å²) >= 11 is 8.84. The van der Waals surface area contributed by atoms with Crippen LogP contribution in [0.3, 0.4) is 0 Å². The molecule has 0 aromatic heterocycles. The number of esters is 1. The largest absolute Gasteiger partial charge is 0.465 e. The Morgan fingerprint density at radius 1 is 0.459 bits per heavy atom. The molecule has 0 aliphatic carbocycles. The summed E-state index contributed by atoms with van der Waals surface area (Å²) in [5.41, 5.74) is 7.27. The van der Waals surface area contributed by atoms with Gasteiger partial charge in [0.15, 0.2) is 0 Å². The number of halogens is 2. The number of hydrogen-bond donors (Lipinski definition) is 1. The minimum Gasteiger partial charge on any atom is -0.465 e. The van der Waals surface area contributed by atoms with Gasteiger partial charge in [0.25, 0.3) is 0 Å². The number of aliphatic hydroxyl groups excluding tert-OH is 1. The van der Waals surface area contributed by atoms with Crippen LogP contribution in [-0.4, -0.2) is 24.5 Å². The highest BCUT2D eigenvalue weighted by Gasteiger charge is 2.00. The lowest BCUT2D eigenvalue weighted by Gasteiger charge is -1.95. The molecule has 8 aromatic carbocycles. The zero-order chi connectivity index (χ0) is 63.4. The molecular formula is C78H123BrClNO4. The molecule has 1 N–H and O–H groups in total. The fourth-order valence-electron chi connectivity index (χ4n) is 4.72. The first kappa shape index (κ1) is 106. The lowest BCUT2D eigenvalue weighted by molar-refractivity contribution is 0.0600. The van der Waals surface area contributed by atoms with Gasteiger partial charge >= 0.3 is 5.97 Å². The van der Waals surface area contributed by atoms with Crippen LogP contribution in [-0.2, 0) is 30.1 Å². The second kappa shape index (κ2) is 99.2. The molecule has 85 heavy (non-hydrogen) atoms. The van der Waals surface area contributed by atoms with E-state index < -0.39 is 0 Å². The van der Waals surface area contributed by atoms with E-state index in [4.69, 9.17) is 22.0 Å². The zero-order valence-electron chi connectivity index (χ0n) is 53.4. The minimum atomic E-state index is -0.291. The second-order valence-corrected chi connectivity index (χ2v) is 14.4. The van der Waals surface area contributed by atoms with Crippen LogP contribution < -0.4 is 0 Å². The Labute approximate surface area is 540 Å². The number of nitriles is 1. The molecule has 0 atom stereocenters. The van der Waals surface area contributed by atoms with E-state index in [0.717, 1.165) is 33.9 Å². The summed E-state index contributed by atoms with van der Waals surface area (Å²) in [5.74, 6) is 0.321. The van der Waals surface area contributed by atoms with Gasteiger partial charge in [0.05, 0.1) is 31.8 Å². The smallest absolute Gasteiger partial charge is 0.337 e. The van der Waals surface area contributed by atoms with Crippen LogP contribution in [0.15, 0.2) is 247 Å². The van der Waals surface area contributed by atoms with E-state index in [9.17, 15) is 9.59 Å². The van der Waals surface area contributed by atoms with E-state index in [1.54, 1.807) is 36.4 Å². The van der Waals surface area contributed by atoms with Gasteiger partial charge in [0.2, 0.25) is 0 Å². The fourth-order valence-corrected chi connectivity index (χ4v) is 5.21. The van der Waals surface area contributed by atoms with E-state index in [2.05, 4.69) is 77.0 Å². The third-order valence-corrected chi connectivity index (χ3v) is 9.04. The molecule has 0 saturated heterocycles. The molecule has 0 radical (unpaired) electrons. The van der Waals surface area contributed by atoms with Gasteiger partial charge in [-0.3, -0.25) is 4.79 Å². The highest BCUT2D eigenvalue weighted by molar-refractivity contribution is 9.10.